The monoisotopic (exact) mass is 402 g/mol. The largest absolute Gasteiger partial charge is 0.497 e. The van der Waals surface area contributed by atoms with Crippen LogP contribution in [0.3, 0.4) is 0 Å². The Bertz CT molecular complexity index is 849. The third kappa shape index (κ3) is 6.31. The number of carboxylic acids is 1. The molecule has 0 spiro atoms. The molecule has 3 N–H and O–H groups in total. The topological polar surface area (TPSA) is 106 Å². The molecule has 0 atom stereocenters. The molecule has 2 amide bonds. The van der Waals surface area contributed by atoms with Crippen molar-refractivity contribution < 1.29 is 28.9 Å². The van der Waals surface area contributed by atoms with Crippen LogP contribution in [0.25, 0.3) is 0 Å². The van der Waals surface area contributed by atoms with Gasteiger partial charge in [-0.15, -0.1) is 0 Å². The van der Waals surface area contributed by atoms with Crippen molar-refractivity contribution in [3.63, 3.8) is 0 Å². The lowest BCUT2D eigenvalue weighted by Crippen LogP contribution is -2.37. The van der Waals surface area contributed by atoms with Gasteiger partial charge in [-0.3, -0.25) is 0 Å². The Morgan fingerprint density at radius 3 is 2.24 bits per heavy atom. The van der Waals surface area contributed by atoms with Gasteiger partial charge in [-0.1, -0.05) is 12.1 Å². The van der Waals surface area contributed by atoms with E-state index in [-0.39, 0.29) is 6.03 Å². The number of urea groups is 1. The fraction of sp³-hybridized carbons (Fsp3) is 0.333. The molecule has 2 aromatic carbocycles. The number of aliphatic carboxylic acids is 1. The fourth-order valence-corrected chi connectivity index (χ4v) is 2.45. The molecular weight excluding hydrogens is 376 g/mol. The number of carboxylic acid groups (broad SMARTS) is 1. The van der Waals surface area contributed by atoms with Crippen LogP contribution in [0.1, 0.15) is 19.4 Å². The minimum Gasteiger partial charge on any atom is -0.497 e. The van der Waals surface area contributed by atoms with Gasteiger partial charge in [-0.25, -0.2) is 9.59 Å². The van der Waals surface area contributed by atoms with Crippen LogP contribution in [-0.2, 0) is 11.2 Å². The lowest BCUT2D eigenvalue weighted by atomic mass is 10.1. The highest BCUT2D eigenvalue weighted by atomic mass is 16.5. The number of carbonyl (C=O) groups excluding carboxylic acids is 1. The highest BCUT2D eigenvalue weighted by molar-refractivity contribution is 5.91. The van der Waals surface area contributed by atoms with Gasteiger partial charge in [0, 0.05) is 12.6 Å². The van der Waals surface area contributed by atoms with Crippen LogP contribution >= 0.6 is 0 Å². The standard InChI is InChI=1S/C21H26N2O6/c1-21(2,19(24)25)29-15-7-5-14(6-8-15)11-12-22-20(26)23-17-10-9-16(27-3)13-18(17)28-4/h5-10,13H,11-12H2,1-4H3,(H,24,25)(H2,22,23,26). The van der Waals surface area contributed by atoms with Crippen molar-refractivity contribution >= 4 is 17.7 Å². The van der Waals surface area contributed by atoms with E-state index in [0.29, 0.717) is 35.9 Å². The maximum atomic E-state index is 12.1. The Hall–Kier alpha value is -3.42. The first-order chi connectivity index (χ1) is 13.7. The molecule has 2 rings (SSSR count). The molecule has 0 unspecified atom stereocenters. The molecule has 0 aliphatic heterocycles. The molecule has 0 radical (unpaired) electrons. The second kappa shape index (κ2) is 9.68. The van der Waals surface area contributed by atoms with E-state index < -0.39 is 11.6 Å². The van der Waals surface area contributed by atoms with Crippen molar-refractivity contribution in [2.75, 3.05) is 26.1 Å². The first kappa shape index (κ1) is 21.9. The second-order valence-electron chi connectivity index (χ2n) is 6.76. The summed E-state index contributed by atoms with van der Waals surface area (Å²) in [5.41, 5.74) is 0.213. The highest BCUT2D eigenvalue weighted by Gasteiger charge is 2.29. The van der Waals surface area contributed by atoms with Gasteiger partial charge < -0.3 is 30.0 Å². The first-order valence-corrected chi connectivity index (χ1v) is 9.03. The van der Waals surface area contributed by atoms with Crippen molar-refractivity contribution in [2.24, 2.45) is 0 Å². The molecule has 0 saturated heterocycles. The molecule has 0 fully saturated rings. The molecule has 156 valence electrons. The molecule has 29 heavy (non-hydrogen) atoms. The number of hydrogen-bond acceptors (Lipinski definition) is 5. The Balaban J connectivity index is 1.84. The first-order valence-electron chi connectivity index (χ1n) is 9.03. The summed E-state index contributed by atoms with van der Waals surface area (Å²) in [6.07, 6.45) is 0.607. The summed E-state index contributed by atoms with van der Waals surface area (Å²) in [5.74, 6) is 0.565. The SMILES string of the molecule is COc1ccc(NC(=O)NCCc2ccc(OC(C)(C)C(=O)O)cc2)c(OC)c1. The van der Waals surface area contributed by atoms with E-state index in [1.807, 2.05) is 12.1 Å². The summed E-state index contributed by atoms with van der Waals surface area (Å²) >= 11 is 0. The van der Waals surface area contributed by atoms with E-state index in [9.17, 15) is 9.59 Å². The summed E-state index contributed by atoms with van der Waals surface area (Å²) in [4.78, 5) is 23.2. The second-order valence-corrected chi connectivity index (χ2v) is 6.76. The Morgan fingerprint density at radius 2 is 1.66 bits per heavy atom. The van der Waals surface area contributed by atoms with Gasteiger partial charge in [0.1, 0.15) is 17.2 Å². The molecule has 0 aliphatic rings. The quantitative estimate of drug-likeness (QED) is 0.594. The number of carbonyl (C=O) groups is 2. The Morgan fingerprint density at radius 1 is 1.00 bits per heavy atom. The van der Waals surface area contributed by atoms with E-state index in [4.69, 9.17) is 19.3 Å². The predicted molar refractivity (Wildman–Crippen MR) is 109 cm³/mol. The van der Waals surface area contributed by atoms with Crippen LogP contribution in [0, 0.1) is 0 Å². The van der Waals surface area contributed by atoms with E-state index in [1.54, 1.807) is 37.4 Å². The highest BCUT2D eigenvalue weighted by Crippen LogP contribution is 2.28. The van der Waals surface area contributed by atoms with Gasteiger partial charge in [-0.2, -0.15) is 0 Å². The number of benzene rings is 2. The molecule has 8 nitrogen and oxygen atoms in total. The molecule has 8 heteroatoms. The van der Waals surface area contributed by atoms with Gasteiger partial charge in [0.05, 0.1) is 19.9 Å². The van der Waals surface area contributed by atoms with E-state index in [1.165, 1.54) is 21.0 Å². The maximum absolute atomic E-state index is 12.1. The molecule has 0 bridgehead atoms. The lowest BCUT2D eigenvalue weighted by Gasteiger charge is -2.21. The minimum absolute atomic E-state index is 0.350. The maximum Gasteiger partial charge on any atom is 0.347 e. The normalized spacial score (nSPS) is 10.8. The summed E-state index contributed by atoms with van der Waals surface area (Å²) in [7, 11) is 3.07. The molecule has 0 aromatic heterocycles. The number of nitrogens with one attached hydrogen (secondary N) is 2. The third-order valence-electron chi connectivity index (χ3n) is 4.17. The number of hydrogen-bond donors (Lipinski definition) is 3. The average molecular weight is 402 g/mol. The summed E-state index contributed by atoms with van der Waals surface area (Å²) in [5, 5.41) is 14.6. The van der Waals surface area contributed by atoms with Crippen molar-refractivity contribution in [2.45, 2.75) is 25.9 Å². The van der Waals surface area contributed by atoms with Crippen molar-refractivity contribution in [1.29, 1.82) is 0 Å². The zero-order chi connectivity index (χ0) is 21.4. The lowest BCUT2D eigenvalue weighted by molar-refractivity contribution is -0.152. The molecule has 0 aliphatic carbocycles. The van der Waals surface area contributed by atoms with Crippen LogP contribution in [0.4, 0.5) is 10.5 Å². The summed E-state index contributed by atoms with van der Waals surface area (Å²) in [6.45, 7) is 3.40. The number of rotatable bonds is 9. The van der Waals surface area contributed by atoms with Crippen LogP contribution < -0.4 is 24.8 Å². The van der Waals surface area contributed by atoms with Crippen LogP contribution in [0.5, 0.6) is 17.2 Å². The van der Waals surface area contributed by atoms with E-state index in [2.05, 4.69) is 10.6 Å². The molecular formula is C21H26N2O6. The van der Waals surface area contributed by atoms with Crippen LogP contribution in [0.15, 0.2) is 42.5 Å². The smallest absolute Gasteiger partial charge is 0.347 e. The van der Waals surface area contributed by atoms with Gasteiger partial charge in [0.15, 0.2) is 5.60 Å². The number of anilines is 1. The molecule has 0 heterocycles. The van der Waals surface area contributed by atoms with Crippen LogP contribution in [-0.4, -0.2) is 43.5 Å². The average Bonchev–Trinajstić information content (AvgIpc) is 2.69. The van der Waals surface area contributed by atoms with E-state index in [0.717, 1.165) is 5.56 Å². The number of ether oxygens (including phenoxy) is 3. The van der Waals surface area contributed by atoms with Crippen molar-refractivity contribution in [3.8, 4) is 17.2 Å². The predicted octanol–water partition coefficient (Wildman–Crippen LogP) is 3.31. The van der Waals surface area contributed by atoms with E-state index >= 15 is 0 Å². The summed E-state index contributed by atoms with van der Waals surface area (Å²) < 4.78 is 15.8. The fourth-order valence-electron chi connectivity index (χ4n) is 2.45. The number of methoxy groups -OCH3 is 2. The minimum atomic E-state index is -1.30. The zero-order valence-electron chi connectivity index (χ0n) is 16.9. The van der Waals surface area contributed by atoms with Crippen molar-refractivity contribution in [1.82, 2.24) is 5.32 Å². The Labute approximate surface area is 169 Å². The van der Waals surface area contributed by atoms with Gasteiger partial charge in [0.25, 0.3) is 0 Å². The van der Waals surface area contributed by atoms with Gasteiger partial charge in [-0.05, 0) is 50.1 Å². The van der Waals surface area contributed by atoms with Crippen LogP contribution in [0.2, 0.25) is 0 Å². The zero-order valence-corrected chi connectivity index (χ0v) is 16.9. The Kier molecular flexibility index (Phi) is 7.30. The third-order valence-corrected chi connectivity index (χ3v) is 4.17. The van der Waals surface area contributed by atoms with Gasteiger partial charge >= 0.3 is 12.0 Å². The molecule has 2 aromatic rings. The molecule has 0 saturated carbocycles. The summed E-state index contributed by atoms with van der Waals surface area (Å²) in [6, 6.07) is 11.9. The van der Waals surface area contributed by atoms with Crippen molar-refractivity contribution in [3.05, 3.63) is 48.0 Å². The van der Waals surface area contributed by atoms with Gasteiger partial charge in [0.2, 0.25) is 0 Å². The number of amides is 2.